The Hall–Kier alpha value is -0.920. The van der Waals surface area contributed by atoms with Gasteiger partial charge in [-0.2, -0.15) is 0 Å². The standard InChI is InChI=1S/C11H16F2/c1-5-9(4)10(11(12)13)7-6-8(2)3/h6-7,11H,2,5H2,1,3-4H3/b7-6-,10-9+. The quantitative estimate of drug-likeness (QED) is 0.579. The van der Waals surface area contributed by atoms with Gasteiger partial charge in [0.2, 0.25) is 0 Å². The Kier molecular flexibility index (Phi) is 5.28. The molecule has 74 valence electrons. The molecule has 0 N–H and O–H groups in total. The Morgan fingerprint density at radius 1 is 1.31 bits per heavy atom. The summed E-state index contributed by atoms with van der Waals surface area (Å²) in [6.45, 7) is 8.99. The third-order valence-corrected chi connectivity index (χ3v) is 1.81. The lowest BCUT2D eigenvalue weighted by molar-refractivity contribution is 0.192. The molecular formula is C11H16F2. The highest BCUT2D eigenvalue weighted by atomic mass is 19.3. The van der Waals surface area contributed by atoms with Crippen molar-refractivity contribution in [3.63, 3.8) is 0 Å². The summed E-state index contributed by atoms with van der Waals surface area (Å²) in [5, 5.41) is 0. The van der Waals surface area contributed by atoms with Gasteiger partial charge in [-0.15, -0.1) is 0 Å². The van der Waals surface area contributed by atoms with Gasteiger partial charge < -0.3 is 0 Å². The minimum atomic E-state index is -2.39. The average molecular weight is 186 g/mol. The molecule has 0 aliphatic rings. The van der Waals surface area contributed by atoms with Crippen LogP contribution in [0.2, 0.25) is 0 Å². The molecule has 0 heterocycles. The highest BCUT2D eigenvalue weighted by molar-refractivity contribution is 5.30. The Morgan fingerprint density at radius 3 is 2.15 bits per heavy atom. The van der Waals surface area contributed by atoms with Gasteiger partial charge in [-0.1, -0.05) is 36.8 Å². The molecule has 13 heavy (non-hydrogen) atoms. The van der Waals surface area contributed by atoms with Crippen molar-refractivity contribution in [3.05, 3.63) is 35.5 Å². The number of alkyl halides is 2. The van der Waals surface area contributed by atoms with Crippen molar-refractivity contribution < 1.29 is 8.78 Å². The van der Waals surface area contributed by atoms with Gasteiger partial charge in [-0.3, -0.25) is 0 Å². The topological polar surface area (TPSA) is 0 Å². The maximum absolute atomic E-state index is 12.4. The molecule has 0 bridgehead atoms. The summed E-state index contributed by atoms with van der Waals surface area (Å²) in [4.78, 5) is 0. The molecular weight excluding hydrogens is 170 g/mol. The van der Waals surface area contributed by atoms with Gasteiger partial charge >= 0.3 is 0 Å². The number of halogens is 2. The lowest BCUT2D eigenvalue weighted by Crippen LogP contribution is -1.97. The SMILES string of the molecule is C=C(C)/C=C\C(=C(\C)CC)C(F)F. The highest BCUT2D eigenvalue weighted by Gasteiger charge is 2.09. The first-order chi connectivity index (χ1) is 5.99. The minimum absolute atomic E-state index is 0.116. The molecule has 0 aromatic heterocycles. The van der Waals surface area contributed by atoms with Crippen molar-refractivity contribution >= 4 is 0 Å². The van der Waals surface area contributed by atoms with E-state index in [0.717, 1.165) is 11.1 Å². The molecule has 0 amide bonds. The van der Waals surface area contributed by atoms with Crippen LogP contribution in [-0.4, -0.2) is 6.43 Å². The van der Waals surface area contributed by atoms with Crippen molar-refractivity contribution in [2.45, 2.75) is 33.6 Å². The highest BCUT2D eigenvalue weighted by Crippen LogP contribution is 2.18. The molecule has 0 aliphatic heterocycles. The molecule has 0 fully saturated rings. The van der Waals surface area contributed by atoms with Crippen LogP contribution in [0.15, 0.2) is 35.5 Å². The van der Waals surface area contributed by atoms with E-state index in [0.29, 0.717) is 6.42 Å². The van der Waals surface area contributed by atoms with Crippen LogP contribution in [0.4, 0.5) is 8.78 Å². The molecule has 0 atom stereocenters. The van der Waals surface area contributed by atoms with Gasteiger partial charge in [0, 0.05) is 5.57 Å². The van der Waals surface area contributed by atoms with E-state index in [2.05, 4.69) is 6.58 Å². The first kappa shape index (κ1) is 12.1. The second-order valence-electron chi connectivity index (χ2n) is 3.07. The fraction of sp³-hybridized carbons (Fsp3) is 0.455. The van der Waals surface area contributed by atoms with Crippen molar-refractivity contribution in [3.8, 4) is 0 Å². The van der Waals surface area contributed by atoms with E-state index in [4.69, 9.17) is 0 Å². The van der Waals surface area contributed by atoms with E-state index < -0.39 is 6.43 Å². The van der Waals surface area contributed by atoms with Crippen LogP contribution in [0, 0.1) is 0 Å². The normalized spacial score (nSPS) is 13.7. The van der Waals surface area contributed by atoms with E-state index in [9.17, 15) is 8.78 Å². The Bertz CT molecular complexity index is 234. The second-order valence-corrected chi connectivity index (χ2v) is 3.07. The zero-order chi connectivity index (χ0) is 10.4. The minimum Gasteiger partial charge on any atom is -0.205 e. The summed E-state index contributed by atoms with van der Waals surface area (Å²) in [6, 6.07) is 0. The molecule has 0 spiro atoms. The zero-order valence-electron chi connectivity index (χ0n) is 8.40. The number of hydrogen-bond donors (Lipinski definition) is 0. The molecule has 0 nitrogen and oxygen atoms in total. The van der Waals surface area contributed by atoms with E-state index >= 15 is 0 Å². The summed E-state index contributed by atoms with van der Waals surface area (Å²) >= 11 is 0. The molecule has 0 saturated carbocycles. The predicted octanol–water partition coefficient (Wildman–Crippen LogP) is 4.11. The van der Waals surface area contributed by atoms with Crippen molar-refractivity contribution in [2.24, 2.45) is 0 Å². The van der Waals surface area contributed by atoms with E-state index in [1.807, 2.05) is 6.92 Å². The molecule has 0 aromatic carbocycles. The van der Waals surface area contributed by atoms with Crippen LogP contribution in [-0.2, 0) is 0 Å². The fourth-order valence-corrected chi connectivity index (χ4v) is 0.837. The molecule has 0 aliphatic carbocycles. The van der Waals surface area contributed by atoms with Crippen molar-refractivity contribution in [2.75, 3.05) is 0 Å². The lowest BCUT2D eigenvalue weighted by atomic mass is 10.1. The van der Waals surface area contributed by atoms with E-state index in [1.165, 1.54) is 6.08 Å². The molecule has 0 aromatic rings. The van der Waals surface area contributed by atoms with Crippen LogP contribution in [0.25, 0.3) is 0 Å². The molecule has 2 heteroatoms. The average Bonchev–Trinajstić information content (AvgIpc) is 2.03. The molecule has 0 unspecified atom stereocenters. The predicted molar refractivity (Wildman–Crippen MR) is 52.9 cm³/mol. The monoisotopic (exact) mass is 186 g/mol. The third kappa shape index (κ3) is 4.61. The Morgan fingerprint density at radius 2 is 1.85 bits per heavy atom. The van der Waals surface area contributed by atoms with E-state index in [-0.39, 0.29) is 5.57 Å². The van der Waals surface area contributed by atoms with E-state index in [1.54, 1.807) is 19.9 Å². The summed E-state index contributed by atoms with van der Waals surface area (Å²) < 4.78 is 24.9. The Labute approximate surface area is 78.7 Å². The van der Waals surface area contributed by atoms with Crippen LogP contribution in [0.5, 0.6) is 0 Å². The fourth-order valence-electron chi connectivity index (χ4n) is 0.837. The molecule has 0 rings (SSSR count). The largest absolute Gasteiger partial charge is 0.263 e. The number of hydrogen-bond acceptors (Lipinski definition) is 0. The van der Waals surface area contributed by atoms with Crippen LogP contribution < -0.4 is 0 Å². The zero-order valence-corrected chi connectivity index (χ0v) is 8.40. The van der Waals surface area contributed by atoms with Gasteiger partial charge in [-0.05, 0) is 20.3 Å². The molecule has 0 radical (unpaired) electrons. The maximum Gasteiger partial charge on any atom is 0.263 e. The van der Waals surface area contributed by atoms with Gasteiger partial charge in [0.1, 0.15) is 0 Å². The summed E-state index contributed by atoms with van der Waals surface area (Å²) in [5.74, 6) is 0. The smallest absolute Gasteiger partial charge is 0.205 e. The lowest BCUT2D eigenvalue weighted by Gasteiger charge is -2.05. The van der Waals surface area contributed by atoms with Gasteiger partial charge in [0.15, 0.2) is 0 Å². The summed E-state index contributed by atoms with van der Waals surface area (Å²) in [7, 11) is 0. The maximum atomic E-state index is 12.4. The molecule has 0 saturated heterocycles. The summed E-state index contributed by atoms with van der Waals surface area (Å²) in [6.07, 6.45) is 1.32. The summed E-state index contributed by atoms with van der Waals surface area (Å²) in [5.41, 5.74) is 1.63. The van der Waals surface area contributed by atoms with Crippen LogP contribution >= 0.6 is 0 Å². The second kappa shape index (κ2) is 5.68. The number of rotatable bonds is 4. The van der Waals surface area contributed by atoms with Gasteiger partial charge in [-0.25, -0.2) is 8.78 Å². The number of allylic oxidation sites excluding steroid dienone is 5. The van der Waals surface area contributed by atoms with Crippen molar-refractivity contribution in [1.82, 2.24) is 0 Å². The van der Waals surface area contributed by atoms with Crippen molar-refractivity contribution in [1.29, 1.82) is 0 Å². The van der Waals surface area contributed by atoms with Gasteiger partial charge in [0.25, 0.3) is 6.43 Å². The first-order valence-electron chi connectivity index (χ1n) is 4.30. The van der Waals surface area contributed by atoms with Crippen LogP contribution in [0.1, 0.15) is 27.2 Å². The van der Waals surface area contributed by atoms with Gasteiger partial charge in [0.05, 0.1) is 0 Å². The first-order valence-corrected chi connectivity index (χ1v) is 4.30. The van der Waals surface area contributed by atoms with Crippen LogP contribution in [0.3, 0.4) is 0 Å². The third-order valence-electron chi connectivity index (χ3n) is 1.81. The Balaban J connectivity index is 4.74.